The quantitative estimate of drug-likeness (QED) is 0.739. The molecule has 0 aromatic carbocycles. The molecule has 24 heavy (non-hydrogen) atoms. The Labute approximate surface area is 145 Å². The van der Waals surface area contributed by atoms with Gasteiger partial charge in [0, 0.05) is 13.1 Å². The maximum absolute atomic E-state index is 12.1. The Bertz CT molecular complexity index is 431. The van der Waals surface area contributed by atoms with Crippen LogP contribution in [0.5, 0.6) is 0 Å². The van der Waals surface area contributed by atoms with Gasteiger partial charge in [0.1, 0.15) is 5.60 Å². The van der Waals surface area contributed by atoms with Crippen LogP contribution in [-0.4, -0.2) is 67.3 Å². The molecule has 0 aromatic rings. The zero-order valence-electron chi connectivity index (χ0n) is 15.5. The molecule has 0 N–H and O–H groups in total. The fourth-order valence-corrected chi connectivity index (χ4v) is 3.71. The normalized spacial score (nSPS) is 21.6. The van der Waals surface area contributed by atoms with Gasteiger partial charge in [0.15, 0.2) is 0 Å². The van der Waals surface area contributed by atoms with E-state index in [4.69, 9.17) is 9.47 Å². The average Bonchev–Trinajstić information content (AvgIpc) is 2.54. The standard InChI is InChI=1S/C18H32N2O4/c1-18(2,3)24-17(22)20-11-7-15(8-12-20)14-5-9-19(10-6-14)13-16(21)23-4/h14-15H,5-13H2,1-4H3. The third-order valence-corrected chi connectivity index (χ3v) is 5.07. The summed E-state index contributed by atoms with van der Waals surface area (Å²) in [5.41, 5.74) is -0.430. The maximum atomic E-state index is 12.1. The number of carbonyl (C=O) groups is 2. The Morgan fingerprint density at radius 1 is 0.958 bits per heavy atom. The highest BCUT2D eigenvalue weighted by molar-refractivity contribution is 5.71. The first-order chi connectivity index (χ1) is 11.3. The monoisotopic (exact) mass is 340 g/mol. The molecular formula is C18H32N2O4. The highest BCUT2D eigenvalue weighted by Gasteiger charge is 2.32. The molecule has 0 radical (unpaired) electrons. The van der Waals surface area contributed by atoms with Gasteiger partial charge in [-0.15, -0.1) is 0 Å². The molecule has 2 aliphatic rings. The predicted molar refractivity (Wildman–Crippen MR) is 91.7 cm³/mol. The first-order valence-corrected chi connectivity index (χ1v) is 9.05. The van der Waals surface area contributed by atoms with E-state index in [1.807, 2.05) is 25.7 Å². The predicted octanol–water partition coefficient (Wildman–Crippen LogP) is 2.52. The lowest BCUT2D eigenvalue weighted by Crippen LogP contribution is -2.45. The van der Waals surface area contributed by atoms with E-state index < -0.39 is 5.60 Å². The number of piperidine rings is 2. The van der Waals surface area contributed by atoms with Crippen molar-refractivity contribution in [3.05, 3.63) is 0 Å². The smallest absolute Gasteiger partial charge is 0.410 e. The summed E-state index contributed by atoms with van der Waals surface area (Å²) in [6.45, 7) is 9.63. The topological polar surface area (TPSA) is 59.1 Å². The van der Waals surface area contributed by atoms with E-state index in [0.717, 1.165) is 51.9 Å². The number of likely N-dealkylation sites (tertiary alicyclic amines) is 2. The zero-order chi connectivity index (χ0) is 17.7. The number of rotatable bonds is 3. The molecule has 2 aliphatic heterocycles. The Morgan fingerprint density at radius 3 is 1.92 bits per heavy atom. The van der Waals surface area contributed by atoms with E-state index in [1.54, 1.807) is 0 Å². The Balaban J connectivity index is 1.72. The molecule has 0 aliphatic carbocycles. The van der Waals surface area contributed by atoms with E-state index in [2.05, 4.69) is 4.90 Å². The fourth-order valence-electron chi connectivity index (χ4n) is 3.71. The van der Waals surface area contributed by atoms with Crippen molar-refractivity contribution in [2.24, 2.45) is 11.8 Å². The molecule has 6 nitrogen and oxygen atoms in total. The molecule has 0 unspecified atom stereocenters. The van der Waals surface area contributed by atoms with Gasteiger partial charge in [-0.1, -0.05) is 0 Å². The van der Waals surface area contributed by atoms with Crippen LogP contribution >= 0.6 is 0 Å². The zero-order valence-corrected chi connectivity index (χ0v) is 15.5. The van der Waals surface area contributed by atoms with E-state index >= 15 is 0 Å². The molecule has 0 aromatic heterocycles. The van der Waals surface area contributed by atoms with Gasteiger partial charge in [-0.3, -0.25) is 9.69 Å². The number of carbonyl (C=O) groups excluding carboxylic acids is 2. The van der Waals surface area contributed by atoms with E-state index in [9.17, 15) is 9.59 Å². The van der Waals surface area contributed by atoms with Gasteiger partial charge >= 0.3 is 12.1 Å². The fraction of sp³-hybridized carbons (Fsp3) is 0.889. The maximum Gasteiger partial charge on any atom is 0.410 e. The van der Waals surface area contributed by atoms with Crippen LogP contribution in [0.25, 0.3) is 0 Å². The van der Waals surface area contributed by atoms with Gasteiger partial charge in [-0.25, -0.2) is 4.79 Å². The minimum atomic E-state index is -0.430. The molecule has 6 heteroatoms. The van der Waals surface area contributed by atoms with Crippen molar-refractivity contribution in [2.75, 3.05) is 39.8 Å². The van der Waals surface area contributed by atoms with Crippen molar-refractivity contribution in [3.63, 3.8) is 0 Å². The molecule has 2 heterocycles. The number of methoxy groups -OCH3 is 1. The van der Waals surface area contributed by atoms with Crippen LogP contribution in [0.1, 0.15) is 46.5 Å². The number of hydrogen-bond acceptors (Lipinski definition) is 5. The third-order valence-electron chi connectivity index (χ3n) is 5.07. The number of nitrogens with zero attached hydrogens (tertiary/aromatic N) is 2. The van der Waals surface area contributed by atoms with E-state index in [1.165, 1.54) is 7.11 Å². The Morgan fingerprint density at radius 2 is 1.46 bits per heavy atom. The van der Waals surface area contributed by atoms with Crippen LogP contribution in [0.2, 0.25) is 0 Å². The van der Waals surface area contributed by atoms with Crippen molar-refractivity contribution >= 4 is 12.1 Å². The molecule has 2 fully saturated rings. The highest BCUT2D eigenvalue weighted by atomic mass is 16.6. The summed E-state index contributed by atoms with van der Waals surface area (Å²) in [6.07, 6.45) is 4.19. The third kappa shape index (κ3) is 5.65. The number of hydrogen-bond donors (Lipinski definition) is 0. The molecule has 0 saturated carbocycles. The van der Waals surface area contributed by atoms with Crippen LogP contribution in [0.15, 0.2) is 0 Å². The van der Waals surface area contributed by atoms with Crippen LogP contribution in [0, 0.1) is 11.8 Å². The van der Waals surface area contributed by atoms with Crippen LogP contribution < -0.4 is 0 Å². The summed E-state index contributed by atoms with van der Waals surface area (Å²) < 4.78 is 10.2. The van der Waals surface area contributed by atoms with Crippen molar-refractivity contribution < 1.29 is 19.1 Å². The van der Waals surface area contributed by atoms with Crippen LogP contribution in [-0.2, 0) is 14.3 Å². The van der Waals surface area contributed by atoms with Crippen molar-refractivity contribution in [2.45, 2.75) is 52.1 Å². The van der Waals surface area contributed by atoms with Gasteiger partial charge < -0.3 is 14.4 Å². The highest BCUT2D eigenvalue weighted by Crippen LogP contribution is 2.32. The molecule has 2 saturated heterocycles. The summed E-state index contributed by atoms with van der Waals surface area (Å²) in [6, 6.07) is 0. The van der Waals surface area contributed by atoms with Gasteiger partial charge in [-0.2, -0.15) is 0 Å². The number of esters is 1. The Hall–Kier alpha value is -1.30. The minimum absolute atomic E-state index is 0.154. The minimum Gasteiger partial charge on any atom is -0.468 e. The second kappa shape index (κ2) is 8.19. The lowest BCUT2D eigenvalue weighted by Gasteiger charge is -2.40. The molecule has 0 spiro atoms. The van der Waals surface area contributed by atoms with Gasteiger partial charge in [0.05, 0.1) is 13.7 Å². The van der Waals surface area contributed by atoms with Gasteiger partial charge in [0.25, 0.3) is 0 Å². The van der Waals surface area contributed by atoms with Crippen LogP contribution in [0.4, 0.5) is 4.79 Å². The van der Waals surface area contributed by atoms with Crippen molar-refractivity contribution in [1.29, 1.82) is 0 Å². The second-order valence-corrected chi connectivity index (χ2v) is 7.99. The first kappa shape index (κ1) is 19.0. The molecule has 138 valence electrons. The lowest BCUT2D eigenvalue weighted by atomic mass is 9.79. The lowest BCUT2D eigenvalue weighted by molar-refractivity contribution is -0.142. The average molecular weight is 340 g/mol. The molecule has 0 atom stereocenters. The van der Waals surface area contributed by atoms with E-state index in [-0.39, 0.29) is 12.1 Å². The second-order valence-electron chi connectivity index (χ2n) is 7.99. The Kier molecular flexibility index (Phi) is 6.49. The van der Waals surface area contributed by atoms with Gasteiger partial charge in [0.2, 0.25) is 0 Å². The van der Waals surface area contributed by atoms with Crippen LogP contribution in [0.3, 0.4) is 0 Å². The summed E-state index contributed by atoms with van der Waals surface area (Å²) in [5.74, 6) is 1.24. The number of ether oxygens (including phenoxy) is 2. The molecule has 1 amide bonds. The first-order valence-electron chi connectivity index (χ1n) is 9.05. The summed E-state index contributed by atoms with van der Waals surface area (Å²) in [4.78, 5) is 27.5. The van der Waals surface area contributed by atoms with E-state index in [0.29, 0.717) is 18.4 Å². The molecular weight excluding hydrogens is 308 g/mol. The number of amides is 1. The van der Waals surface area contributed by atoms with Crippen molar-refractivity contribution in [1.82, 2.24) is 9.80 Å². The SMILES string of the molecule is COC(=O)CN1CCC(C2CCN(C(=O)OC(C)(C)C)CC2)CC1. The summed E-state index contributed by atoms with van der Waals surface area (Å²) >= 11 is 0. The largest absolute Gasteiger partial charge is 0.468 e. The molecule has 0 bridgehead atoms. The summed E-state index contributed by atoms with van der Waals surface area (Å²) in [7, 11) is 1.44. The van der Waals surface area contributed by atoms with Gasteiger partial charge in [-0.05, 0) is 71.4 Å². The summed E-state index contributed by atoms with van der Waals surface area (Å²) in [5, 5.41) is 0. The van der Waals surface area contributed by atoms with Crippen molar-refractivity contribution in [3.8, 4) is 0 Å². The molecule has 2 rings (SSSR count).